The topological polar surface area (TPSA) is 46.2 Å². The van der Waals surface area contributed by atoms with Crippen molar-refractivity contribution in [3.63, 3.8) is 0 Å². The van der Waals surface area contributed by atoms with Crippen molar-refractivity contribution in [1.82, 2.24) is 0 Å². The van der Waals surface area contributed by atoms with Gasteiger partial charge < -0.3 is 10.1 Å². The number of aryl methyl sites for hydroxylation is 1. The summed E-state index contributed by atoms with van der Waals surface area (Å²) >= 11 is 0. The number of Topliss-reactive ketones (excluding diaryl/α,β-unsaturated/α-hetero) is 1. The highest BCUT2D eigenvalue weighted by atomic mass is 16.1. The second kappa shape index (κ2) is 7.55. The molecule has 1 amide bonds. The van der Waals surface area contributed by atoms with Gasteiger partial charge in [0.15, 0.2) is 0 Å². The fraction of sp³-hybridized carbons (Fsp3) is 0.263. The zero-order valence-corrected chi connectivity index (χ0v) is 13.0. The second-order valence-corrected chi connectivity index (χ2v) is 5.58. The Labute approximate surface area is 131 Å². The third-order valence-corrected chi connectivity index (χ3v) is 3.66. The Balaban J connectivity index is 2.08. The number of ketones is 1. The molecule has 3 nitrogen and oxygen atoms in total. The minimum Gasteiger partial charge on any atom is -0.326 e. The number of carbonyl (C=O) groups excluding carboxylic acids is 2. The quantitative estimate of drug-likeness (QED) is 0.872. The second-order valence-electron chi connectivity index (χ2n) is 5.58. The first-order chi connectivity index (χ1) is 10.6. The van der Waals surface area contributed by atoms with Crippen LogP contribution in [0.1, 0.15) is 36.8 Å². The van der Waals surface area contributed by atoms with E-state index in [1.54, 1.807) is 6.92 Å². The minimum absolute atomic E-state index is 0.0654. The van der Waals surface area contributed by atoms with E-state index in [2.05, 4.69) is 5.32 Å². The average molecular weight is 295 g/mol. The number of carbonyl (C=O) groups is 2. The van der Waals surface area contributed by atoms with Crippen LogP contribution in [-0.4, -0.2) is 11.7 Å². The van der Waals surface area contributed by atoms with Crippen LogP contribution in [0, 0.1) is 6.92 Å². The lowest BCUT2D eigenvalue weighted by molar-refractivity contribution is -0.118. The van der Waals surface area contributed by atoms with Crippen molar-refractivity contribution in [1.29, 1.82) is 0 Å². The van der Waals surface area contributed by atoms with Gasteiger partial charge in [-0.05, 0) is 37.0 Å². The third-order valence-electron chi connectivity index (χ3n) is 3.66. The lowest BCUT2D eigenvalue weighted by Crippen LogP contribution is -2.17. The largest absolute Gasteiger partial charge is 0.326 e. The molecule has 0 aliphatic carbocycles. The molecule has 3 heteroatoms. The van der Waals surface area contributed by atoms with Crippen molar-refractivity contribution in [2.45, 2.75) is 32.6 Å². The van der Waals surface area contributed by atoms with Crippen LogP contribution in [0.3, 0.4) is 0 Å². The maximum atomic E-state index is 12.3. The Morgan fingerprint density at radius 2 is 1.59 bits per heavy atom. The van der Waals surface area contributed by atoms with Crippen molar-refractivity contribution in [3.05, 3.63) is 65.7 Å². The number of benzene rings is 2. The molecule has 0 unspecified atom stereocenters. The van der Waals surface area contributed by atoms with E-state index in [0.29, 0.717) is 12.8 Å². The molecule has 2 aromatic rings. The standard InChI is InChI=1S/C19H21NO2/c1-14-8-6-7-11-18(14)20-19(22)13-17(12-15(2)21)16-9-4-3-5-10-16/h3-11,17H,12-13H2,1-2H3,(H,20,22)/t17-/m0/s1. The van der Waals surface area contributed by atoms with Crippen molar-refractivity contribution >= 4 is 17.4 Å². The summed E-state index contributed by atoms with van der Waals surface area (Å²) in [4.78, 5) is 23.8. The van der Waals surface area contributed by atoms with Crippen LogP contribution in [0.5, 0.6) is 0 Å². The predicted octanol–water partition coefficient (Wildman–Crippen LogP) is 4.09. The van der Waals surface area contributed by atoms with E-state index >= 15 is 0 Å². The summed E-state index contributed by atoms with van der Waals surface area (Å²) in [6.07, 6.45) is 0.684. The lowest BCUT2D eigenvalue weighted by atomic mass is 9.90. The molecule has 2 rings (SSSR count). The highest BCUT2D eigenvalue weighted by Gasteiger charge is 2.18. The first-order valence-electron chi connectivity index (χ1n) is 7.46. The van der Waals surface area contributed by atoms with Crippen LogP contribution >= 0.6 is 0 Å². The van der Waals surface area contributed by atoms with E-state index in [4.69, 9.17) is 0 Å². The highest BCUT2D eigenvalue weighted by Crippen LogP contribution is 2.24. The van der Waals surface area contributed by atoms with Crippen molar-refractivity contribution in [2.24, 2.45) is 0 Å². The molecule has 0 radical (unpaired) electrons. The van der Waals surface area contributed by atoms with Crippen molar-refractivity contribution in [3.8, 4) is 0 Å². The smallest absolute Gasteiger partial charge is 0.225 e. The molecular formula is C19H21NO2. The van der Waals surface area contributed by atoms with Gasteiger partial charge in [-0.1, -0.05) is 48.5 Å². The van der Waals surface area contributed by atoms with Gasteiger partial charge in [-0.3, -0.25) is 4.79 Å². The fourth-order valence-corrected chi connectivity index (χ4v) is 2.52. The predicted molar refractivity (Wildman–Crippen MR) is 88.9 cm³/mol. The van der Waals surface area contributed by atoms with E-state index in [1.807, 2.05) is 61.5 Å². The van der Waals surface area contributed by atoms with Gasteiger partial charge in [-0.25, -0.2) is 0 Å². The van der Waals surface area contributed by atoms with E-state index < -0.39 is 0 Å². The number of nitrogens with one attached hydrogen (secondary N) is 1. The molecule has 0 aliphatic heterocycles. The zero-order chi connectivity index (χ0) is 15.9. The number of amides is 1. The molecule has 0 spiro atoms. The first-order valence-corrected chi connectivity index (χ1v) is 7.46. The first kappa shape index (κ1) is 16.0. The molecule has 0 saturated heterocycles. The Morgan fingerprint density at radius 3 is 2.23 bits per heavy atom. The van der Waals surface area contributed by atoms with Crippen LogP contribution in [-0.2, 0) is 9.59 Å². The average Bonchev–Trinajstić information content (AvgIpc) is 2.49. The highest BCUT2D eigenvalue weighted by molar-refractivity contribution is 5.92. The van der Waals surface area contributed by atoms with E-state index in [1.165, 1.54) is 0 Å². The summed E-state index contributed by atoms with van der Waals surface area (Å²) < 4.78 is 0. The van der Waals surface area contributed by atoms with Crippen LogP contribution < -0.4 is 5.32 Å². The molecule has 1 N–H and O–H groups in total. The molecule has 0 aromatic heterocycles. The number of hydrogen-bond donors (Lipinski definition) is 1. The molecular weight excluding hydrogens is 274 g/mol. The van der Waals surface area contributed by atoms with Gasteiger partial charge in [0.05, 0.1) is 0 Å². The number of anilines is 1. The van der Waals surface area contributed by atoms with Gasteiger partial charge in [-0.2, -0.15) is 0 Å². The Hall–Kier alpha value is -2.42. The van der Waals surface area contributed by atoms with Crippen LogP contribution in [0.15, 0.2) is 54.6 Å². The SMILES string of the molecule is CC(=O)C[C@@H](CC(=O)Nc1ccccc1C)c1ccccc1. The summed E-state index contributed by atoms with van der Waals surface area (Å²) in [7, 11) is 0. The molecule has 0 fully saturated rings. The molecule has 0 heterocycles. The molecule has 0 saturated carbocycles. The van der Waals surface area contributed by atoms with Gasteiger partial charge in [0.1, 0.15) is 5.78 Å². The maximum absolute atomic E-state index is 12.3. The lowest BCUT2D eigenvalue weighted by Gasteiger charge is -2.16. The number of hydrogen-bond acceptors (Lipinski definition) is 2. The number of rotatable bonds is 6. The summed E-state index contributed by atoms with van der Waals surface area (Å²) in [6, 6.07) is 17.4. The third kappa shape index (κ3) is 4.55. The van der Waals surface area contributed by atoms with Gasteiger partial charge in [0.25, 0.3) is 0 Å². The molecule has 22 heavy (non-hydrogen) atoms. The molecule has 2 aromatic carbocycles. The normalized spacial score (nSPS) is 11.7. The molecule has 1 atom stereocenters. The Morgan fingerprint density at radius 1 is 0.955 bits per heavy atom. The van der Waals surface area contributed by atoms with E-state index in [-0.39, 0.29) is 17.6 Å². The maximum Gasteiger partial charge on any atom is 0.225 e. The van der Waals surface area contributed by atoms with Crippen LogP contribution in [0.4, 0.5) is 5.69 Å². The number of para-hydroxylation sites is 1. The molecule has 0 bridgehead atoms. The molecule has 114 valence electrons. The van der Waals surface area contributed by atoms with Crippen LogP contribution in [0.2, 0.25) is 0 Å². The monoisotopic (exact) mass is 295 g/mol. The molecule has 0 aliphatic rings. The van der Waals surface area contributed by atoms with Crippen molar-refractivity contribution in [2.75, 3.05) is 5.32 Å². The van der Waals surface area contributed by atoms with Gasteiger partial charge in [-0.15, -0.1) is 0 Å². The summed E-state index contributed by atoms with van der Waals surface area (Å²) in [6.45, 7) is 3.52. The Bertz CT molecular complexity index is 649. The van der Waals surface area contributed by atoms with E-state index in [9.17, 15) is 9.59 Å². The fourth-order valence-electron chi connectivity index (χ4n) is 2.52. The van der Waals surface area contributed by atoms with Crippen molar-refractivity contribution < 1.29 is 9.59 Å². The summed E-state index contributed by atoms with van der Waals surface area (Å²) in [5, 5.41) is 2.93. The zero-order valence-electron chi connectivity index (χ0n) is 13.0. The minimum atomic E-state index is -0.0808. The van der Waals surface area contributed by atoms with Gasteiger partial charge >= 0.3 is 0 Å². The van der Waals surface area contributed by atoms with Crippen LogP contribution in [0.25, 0.3) is 0 Å². The summed E-state index contributed by atoms with van der Waals surface area (Å²) in [5.41, 5.74) is 2.87. The van der Waals surface area contributed by atoms with Gasteiger partial charge in [0, 0.05) is 18.5 Å². The Kier molecular flexibility index (Phi) is 5.48. The summed E-state index contributed by atoms with van der Waals surface area (Å²) in [5.74, 6) is -0.0512. The van der Waals surface area contributed by atoms with E-state index in [0.717, 1.165) is 16.8 Å². The van der Waals surface area contributed by atoms with Gasteiger partial charge in [0.2, 0.25) is 5.91 Å².